The van der Waals surface area contributed by atoms with E-state index in [2.05, 4.69) is 48.5 Å². The maximum Gasteiger partial charge on any atom is 0.209 e. The summed E-state index contributed by atoms with van der Waals surface area (Å²) in [6.07, 6.45) is 8.64. The number of aromatic nitrogens is 3. The van der Waals surface area contributed by atoms with Crippen LogP contribution in [-0.4, -0.2) is 54.8 Å². The quantitative estimate of drug-likeness (QED) is 0.716. The first-order valence-corrected chi connectivity index (χ1v) is 12.2. The van der Waals surface area contributed by atoms with Crippen LogP contribution in [0.3, 0.4) is 0 Å². The van der Waals surface area contributed by atoms with Crippen molar-refractivity contribution in [3.05, 3.63) is 46.1 Å². The van der Waals surface area contributed by atoms with E-state index in [-0.39, 0.29) is 12.1 Å². The Kier molecular flexibility index (Phi) is 4.72. The molecular weight excluding hydrogens is 424 g/mol. The molecule has 30 heavy (non-hydrogen) atoms. The van der Waals surface area contributed by atoms with Gasteiger partial charge < -0.3 is 9.80 Å². The smallest absolute Gasteiger partial charge is 0.209 e. The number of allylic oxidation sites excluding steroid dienone is 1. The number of pyridine rings is 1. The van der Waals surface area contributed by atoms with E-state index in [1.807, 2.05) is 6.07 Å². The number of sulfonamides is 1. The summed E-state index contributed by atoms with van der Waals surface area (Å²) >= 11 is 6.32. The Morgan fingerprint density at radius 2 is 2.03 bits per heavy atom. The molecule has 0 unspecified atom stereocenters. The summed E-state index contributed by atoms with van der Waals surface area (Å²) in [7, 11) is -3.21. The first kappa shape index (κ1) is 19.7. The van der Waals surface area contributed by atoms with Gasteiger partial charge in [-0.1, -0.05) is 23.8 Å². The lowest BCUT2D eigenvalue weighted by atomic mass is 9.97. The SMILES string of the molecule is C[C@@H]1Cc2ncnc(N3CC(NS(C)(=O)=O)C3)c2CN1c1cc(Cl)nc2c1C=CC2. The highest BCUT2D eigenvalue weighted by atomic mass is 35.5. The van der Waals surface area contributed by atoms with Gasteiger partial charge in [-0.2, -0.15) is 0 Å². The van der Waals surface area contributed by atoms with Gasteiger partial charge in [0.1, 0.15) is 17.3 Å². The molecule has 3 aliphatic rings. The van der Waals surface area contributed by atoms with Crippen LogP contribution in [0.25, 0.3) is 6.08 Å². The highest BCUT2D eigenvalue weighted by molar-refractivity contribution is 7.88. The Hall–Kier alpha value is -2.23. The second-order valence-electron chi connectivity index (χ2n) is 8.23. The average Bonchev–Trinajstić information content (AvgIpc) is 3.10. The molecule has 10 heteroatoms. The van der Waals surface area contributed by atoms with Gasteiger partial charge in [-0.05, 0) is 13.0 Å². The van der Waals surface area contributed by atoms with Gasteiger partial charge in [0, 0.05) is 55.3 Å². The molecule has 1 fully saturated rings. The number of nitrogens with zero attached hydrogens (tertiary/aromatic N) is 5. The van der Waals surface area contributed by atoms with Gasteiger partial charge in [-0.3, -0.25) is 0 Å². The van der Waals surface area contributed by atoms with E-state index in [0.29, 0.717) is 24.8 Å². The minimum absolute atomic E-state index is 0.0864. The molecule has 5 rings (SSSR count). The van der Waals surface area contributed by atoms with E-state index in [1.54, 1.807) is 6.33 Å². The van der Waals surface area contributed by atoms with E-state index >= 15 is 0 Å². The van der Waals surface area contributed by atoms with Crippen LogP contribution in [0.15, 0.2) is 18.5 Å². The Balaban J connectivity index is 1.45. The van der Waals surface area contributed by atoms with Crippen molar-refractivity contribution in [3.63, 3.8) is 0 Å². The minimum atomic E-state index is -3.21. The molecule has 1 atom stereocenters. The van der Waals surface area contributed by atoms with Crippen LogP contribution in [-0.2, 0) is 29.4 Å². The van der Waals surface area contributed by atoms with Gasteiger partial charge in [0.2, 0.25) is 10.0 Å². The summed E-state index contributed by atoms with van der Waals surface area (Å²) in [6, 6.07) is 2.11. The largest absolute Gasteiger partial charge is 0.363 e. The normalized spacial score (nSPS) is 20.8. The van der Waals surface area contributed by atoms with Crippen LogP contribution in [0.5, 0.6) is 0 Å². The third-order valence-corrected chi connectivity index (χ3v) is 6.87. The molecule has 0 saturated carbocycles. The lowest BCUT2D eigenvalue weighted by Gasteiger charge is -2.43. The van der Waals surface area contributed by atoms with E-state index < -0.39 is 10.0 Å². The maximum atomic E-state index is 11.5. The molecule has 1 N–H and O–H groups in total. The summed E-state index contributed by atoms with van der Waals surface area (Å²) in [6.45, 7) is 4.07. The summed E-state index contributed by atoms with van der Waals surface area (Å²) in [4.78, 5) is 18.0. The van der Waals surface area contributed by atoms with Crippen molar-refractivity contribution in [1.82, 2.24) is 19.7 Å². The highest BCUT2D eigenvalue weighted by Gasteiger charge is 2.35. The molecule has 0 aromatic carbocycles. The van der Waals surface area contributed by atoms with Crippen molar-refractivity contribution in [3.8, 4) is 0 Å². The van der Waals surface area contributed by atoms with Gasteiger partial charge in [0.05, 0.1) is 23.7 Å². The van der Waals surface area contributed by atoms with Gasteiger partial charge in [0.25, 0.3) is 0 Å². The Bertz CT molecular complexity index is 1150. The number of anilines is 2. The van der Waals surface area contributed by atoms with Crippen LogP contribution in [0, 0.1) is 0 Å². The zero-order chi connectivity index (χ0) is 21.0. The molecule has 0 radical (unpaired) electrons. The van der Waals surface area contributed by atoms with Crippen LogP contribution < -0.4 is 14.5 Å². The monoisotopic (exact) mass is 446 g/mol. The van der Waals surface area contributed by atoms with Crippen molar-refractivity contribution in [2.24, 2.45) is 0 Å². The Morgan fingerprint density at radius 1 is 1.23 bits per heavy atom. The molecule has 2 aromatic rings. The third-order valence-electron chi connectivity index (χ3n) is 5.91. The van der Waals surface area contributed by atoms with Crippen LogP contribution >= 0.6 is 11.6 Å². The second-order valence-corrected chi connectivity index (χ2v) is 10.4. The van der Waals surface area contributed by atoms with E-state index in [1.165, 1.54) is 6.26 Å². The molecule has 0 amide bonds. The summed E-state index contributed by atoms with van der Waals surface area (Å²) in [5, 5.41) is 0.507. The molecule has 0 spiro atoms. The number of fused-ring (bicyclic) bond motifs is 2. The number of hydrogen-bond acceptors (Lipinski definition) is 7. The zero-order valence-corrected chi connectivity index (χ0v) is 18.4. The summed E-state index contributed by atoms with van der Waals surface area (Å²) in [5.41, 5.74) is 5.38. The van der Waals surface area contributed by atoms with Crippen LogP contribution in [0.4, 0.5) is 11.5 Å². The average molecular weight is 447 g/mol. The number of hydrogen-bond donors (Lipinski definition) is 1. The highest BCUT2D eigenvalue weighted by Crippen LogP contribution is 2.38. The first-order valence-electron chi connectivity index (χ1n) is 9.96. The number of halogens is 1. The first-order chi connectivity index (χ1) is 14.3. The van der Waals surface area contributed by atoms with Crippen molar-refractivity contribution in [1.29, 1.82) is 0 Å². The fraction of sp³-hybridized carbons (Fsp3) is 0.450. The summed E-state index contributed by atoms with van der Waals surface area (Å²) in [5.74, 6) is 0.885. The number of nitrogens with one attached hydrogen (secondary N) is 1. The molecule has 1 aliphatic carbocycles. The van der Waals surface area contributed by atoms with E-state index in [9.17, 15) is 8.42 Å². The number of rotatable bonds is 4. The molecule has 8 nitrogen and oxygen atoms in total. The molecular formula is C20H23ClN6O2S. The maximum absolute atomic E-state index is 11.5. The Morgan fingerprint density at radius 3 is 2.80 bits per heavy atom. The fourth-order valence-electron chi connectivity index (χ4n) is 4.54. The predicted molar refractivity (Wildman–Crippen MR) is 117 cm³/mol. The lowest BCUT2D eigenvalue weighted by molar-refractivity contribution is 0.463. The van der Waals surface area contributed by atoms with Gasteiger partial charge in [-0.15, -0.1) is 0 Å². The van der Waals surface area contributed by atoms with Crippen LogP contribution in [0.2, 0.25) is 5.15 Å². The molecule has 2 aliphatic heterocycles. The molecule has 0 bridgehead atoms. The minimum Gasteiger partial charge on any atom is -0.363 e. The zero-order valence-electron chi connectivity index (χ0n) is 16.8. The fourth-order valence-corrected chi connectivity index (χ4v) is 5.50. The van der Waals surface area contributed by atoms with Crippen molar-refractivity contribution < 1.29 is 8.42 Å². The van der Waals surface area contributed by atoms with Gasteiger partial charge in [0.15, 0.2) is 0 Å². The van der Waals surface area contributed by atoms with Crippen molar-refractivity contribution >= 4 is 39.2 Å². The molecule has 2 aromatic heterocycles. The summed E-state index contributed by atoms with van der Waals surface area (Å²) < 4.78 is 25.6. The standard InChI is InChI=1S/C20H23ClN6O2S/c1-12-6-17-15(10-27(12)18-7-19(21)24-16-5-3-4-14(16)18)20(23-11-22-17)26-8-13(9-26)25-30(2,28)29/h3-4,7,11-13,25H,5-6,8-10H2,1-2H3/t12-/m1/s1. The third kappa shape index (κ3) is 3.55. The molecule has 158 valence electrons. The lowest BCUT2D eigenvalue weighted by Crippen LogP contribution is -2.60. The Labute approximate surface area is 181 Å². The van der Waals surface area contributed by atoms with E-state index in [4.69, 9.17) is 11.6 Å². The van der Waals surface area contributed by atoms with Gasteiger partial charge in [-0.25, -0.2) is 28.1 Å². The van der Waals surface area contributed by atoms with Crippen molar-refractivity contribution in [2.75, 3.05) is 29.1 Å². The van der Waals surface area contributed by atoms with Gasteiger partial charge >= 0.3 is 0 Å². The predicted octanol–water partition coefficient (Wildman–Crippen LogP) is 1.78. The molecule has 1 saturated heterocycles. The molecule has 4 heterocycles. The second kappa shape index (κ2) is 7.18. The topological polar surface area (TPSA) is 91.3 Å². The van der Waals surface area contributed by atoms with Crippen LogP contribution in [0.1, 0.15) is 29.4 Å². The van der Waals surface area contributed by atoms with E-state index in [0.717, 1.165) is 46.9 Å². The van der Waals surface area contributed by atoms with Crippen molar-refractivity contribution in [2.45, 2.75) is 38.4 Å².